The fourth-order valence-corrected chi connectivity index (χ4v) is 6.24. The summed E-state index contributed by atoms with van der Waals surface area (Å²) in [7, 11) is -5.49. The SMILES string of the molecule is CC(C)CCC(C)(CCS(=O)(=O)c1nnnn1-c1ccccc1)O[Si](C)(C)C. The van der Waals surface area contributed by atoms with Crippen LogP contribution < -0.4 is 0 Å². The number of hydrogen-bond acceptors (Lipinski definition) is 6. The predicted molar refractivity (Wildman–Crippen MR) is 113 cm³/mol. The standard InChI is InChI=1S/C19H32N4O3SSi/c1-16(2)12-13-19(3,26-28(4,5)6)14-15-27(24,25)18-20-21-22-23(18)17-10-8-7-9-11-17/h7-11,16H,12-15H2,1-6H3. The average Bonchev–Trinajstić information content (AvgIpc) is 3.09. The molecule has 2 rings (SSSR count). The van der Waals surface area contributed by atoms with Crippen LogP contribution in [0.5, 0.6) is 0 Å². The van der Waals surface area contributed by atoms with Crippen molar-refractivity contribution >= 4 is 18.2 Å². The first-order valence-electron chi connectivity index (χ1n) is 9.69. The van der Waals surface area contributed by atoms with Crippen LogP contribution in [0.3, 0.4) is 0 Å². The molecule has 0 aliphatic rings. The van der Waals surface area contributed by atoms with Crippen molar-refractivity contribution in [2.45, 2.75) is 70.4 Å². The highest BCUT2D eigenvalue weighted by molar-refractivity contribution is 7.91. The summed E-state index contributed by atoms with van der Waals surface area (Å²) in [5.74, 6) is 0.478. The molecule has 0 N–H and O–H groups in total. The number of benzene rings is 1. The molecule has 0 amide bonds. The third-order valence-electron chi connectivity index (χ3n) is 4.42. The maximum Gasteiger partial charge on any atom is 0.272 e. The van der Waals surface area contributed by atoms with E-state index in [-0.39, 0.29) is 10.9 Å². The lowest BCUT2D eigenvalue weighted by atomic mass is 9.93. The maximum atomic E-state index is 13.0. The molecule has 1 aromatic carbocycles. The summed E-state index contributed by atoms with van der Waals surface area (Å²) in [5.41, 5.74) is 0.138. The molecule has 1 atom stereocenters. The van der Waals surface area contributed by atoms with Gasteiger partial charge in [0.25, 0.3) is 5.16 Å². The van der Waals surface area contributed by atoms with E-state index in [4.69, 9.17) is 4.43 Å². The maximum absolute atomic E-state index is 13.0. The molecule has 0 bridgehead atoms. The Bertz CT molecular complexity index is 863. The number of para-hydroxylation sites is 1. The highest BCUT2D eigenvalue weighted by atomic mass is 32.2. The van der Waals surface area contributed by atoms with Crippen LogP contribution in [0.1, 0.15) is 40.0 Å². The molecule has 1 aromatic heterocycles. The van der Waals surface area contributed by atoms with Crippen LogP contribution in [0.2, 0.25) is 19.6 Å². The Morgan fingerprint density at radius 3 is 2.36 bits per heavy atom. The van der Waals surface area contributed by atoms with Crippen molar-refractivity contribution < 1.29 is 12.8 Å². The van der Waals surface area contributed by atoms with Crippen molar-refractivity contribution in [1.29, 1.82) is 0 Å². The lowest BCUT2D eigenvalue weighted by molar-refractivity contribution is 0.0617. The zero-order chi connectivity index (χ0) is 21.0. The molecule has 0 saturated carbocycles. The zero-order valence-corrected chi connectivity index (χ0v) is 19.5. The smallest absolute Gasteiger partial charge is 0.272 e. The number of hydrogen-bond donors (Lipinski definition) is 0. The van der Waals surface area contributed by atoms with Crippen molar-refractivity contribution in [3.8, 4) is 5.69 Å². The normalized spacial score (nSPS) is 15.0. The van der Waals surface area contributed by atoms with E-state index in [9.17, 15) is 8.42 Å². The quantitative estimate of drug-likeness (QED) is 0.538. The van der Waals surface area contributed by atoms with E-state index in [0.29, 0.717) is 18.0 Å². The third-order valence-corrected chi connectivity index (χ3v) is 7.08. The molecule has 156 valence electrons. The summed E-state index contributed by atoms with van der Waals surface area (Å²) in [6.45, 7) is 12.8. The predicted octanol–water partition coefficient (Wildman–Crippen LogP) is 3.87. The number of rotatable bonds is 10. The van der Waals surface area contributed by atoms with Gasteiger partial charge in [-0.05, 0) is 74.3 Å². The molecular weight excluding hydrogens is 392 g/mol. The Balaban J connectivity index is 2.22. The summed E-state index contributed by atoms with van der Waals surface area (Å²) in [4.78, 5) is 0. The fourth-order valence-electron chi connectivity index (χ4n) is 3.11. The van der Waals surface area contributed by atoms with Crippen molar-refractivity contribution in [3.05, 3.63) is 30.3 Å². The summed E-state index contributed by atoms with van der Waals surface area (Å²) < 4.78 is 33.8. The molecule has 1 heterocycles. The lowest BCUT2D eigenvalue weighted by Gasteiger charge is -2.37. The Morgan fingerprint density at radius 1 is 1.14 bits per heavy atom. The molecule has 0 aliphatic carbocycles. The van der Waals surface area contributed by atoms with Gasteiger partial charge in [0.2, 0.25) is 9.84 Å². The van der Waals surface area contributed by atoms with E-state index in [0.717, 1.165) is 12.8 Å². The van der Waals surface area contributed by atoms with E-state index in [1.54, 1.807) is 12.1 Å². The van der Waals surface area contributed by atoms with Gasteiger partial charge in [0.1, 0.15) is 0 Å². The molecule has 9 heteroatoms. The Kier molecular flexibility index (Phi) is 7.16. The first kappa shape index (κ1) is 22.7. The van der Waals surface area contributed by atoms with Gasteiger partial charge in [-0.15, -0.1) is 0 Å². The summed E-state index contributed by atoms with van der Waals surface area (Å²) in [5, 5.41) is 11.1. The Labute approximate surface area is 169 Å². The number of nitrogens with zero attached hydrogens (tertiary/aromatic N) is 4. The van der Waals surface area contributed by atoms with Crippen LogP contribution in [0.25, 0.3) is 5.69 Å². The van der Waals surface area contributed by atoms with Crippen LogP contribution in [-0.4, -0.2) is 48.3 Å². The second-order valence-corrected chi connectivity index (χ2v) is 15.3. The van der Waals surface area contributed by atoms with Gasteiger partial charge in [-0.1, -0.05) is 37.1 Å². The van der Waals surface area contributed by atoms with E-state index < -0.39 is 23.8 Å². The van der Waals surface area contributed by atoms with Gasteiger partial charge in [-0.3, -0.25) is 0 Å². The molecule has 0 spiro atoms. The molecule has 7 nitrogen and oxygen atoms in total. The highest BCUT2D eigenvalue weighted by Gasteiger charge is 2.34. The average molecular weight is 425 g/mol. The van der Waals surface area contributed by atoms with Crippen molar-refractivity contribution in [3.63, 3.8) is 0 Å². The second-order valence-electron chi connectivity index (χ2n) is 8.87. The Morgan fingerprint density at radius 2 is 1.79 bits per heavy atom. The highest BCUT2D eigenvalue weighted by Crippen LogP contribution is 2.29. The van der Waals surface area contributed by atoms with Crippen LogP contribution in [0.15, 0.2) is 35.5 Å². The second kappa shape index (κ2) is 8.83. The molecule has 0 saturated heterocycles. The number of tetrazole rings is 1. The van der Waals surface area contributed by atoms with Gasteiger partial charge < -0.3 is 4.43 Å². The summed E-state index contributed by atoms with van der Waals surface area (Å²) >= 11 is 0. The van der Waals surface area contributed by atoms with Gasteiger partial charge in [0, 0.05) is 0 Å². The largest absolute Gasteiger partial charge is 0.412 e. The molecular formula is C19H32N4O3SSi. The number of aromatic nitrogens is 4. The van der Waals surface area contributed by atoms with Crippen molar-refractivity contribution in [2.75, 3.05) is 5.75 Å². The van der Waals surface area contributed by atoms with Crippen molar-refractivity contribution in [2.24, 2.45) is 5.92 Å². The number of sulfone groups is 1. The van der Waals surface area contributed by atoms with Crippen LogP contribution in [-0.2, 0) is 14.3 Å². The van der Waals surface area contributed by atoms with Gasteiger partial charge in [-0.2, -0.15) is 4.68 Å². The molecule has 28 heavy (non-hydrogen) atoms. The van der Waals surface area contributed by atoms with Gasteiger partial charge in [0.15, 0.2) is 8.32 Å². The summed E-state index contributed by atoms with van der Waals surface area (Å²) in [6.07, 6.45) is 2.23. The molecule has 0 radical (unpaired) electrons. The third kappa shape index (κ3) is 6.49. The van der Waals surface area contributed by atoms with E-state index in [1.807, 2.05) is 25.1 Å². The minimum absolute atomic E-state index is 0.0563. The van der Waals surface area contributed by atoms with Gasteiger partial charge in [0.05, 0.1) is 17.0 Å². The first-order valence-corrected chi connectivity index (χ1v) is 14.7. The lowest BCUT2D eigenvalue weighted by Crippen LogP contribution is -2.42. The first-order chi connectivity index (χ1) is 12.9. The van der Waals surface area contributed by atoms with E-state index in [2.05, 4.69) is 49.0 Å². The van der Waals surface area contributed by atoms with Crippen LogP contribution >= 0.6 is 0 Å². The topological polar surface area (TPSA) is 87.0 Å². The molecule has 2 aromatic rings. The minimum Gasteiger partial charge on any atom is -0.412 e. The van der Waals surface area contributed by atoms with Crippen LogP contribution in [0, 0.1) is 5.92 Å². The van der Waals surface area contributed by atoms with Crippen LogP contribution in [0.4, 0.5) is 0 Å². The van der Waals surface area contributed by atoms with Gasteiger partial charge >= 0.3 is 0 Å². The molecule has 0 aliphatic heterocycles. The monoisotopic (exact) mass is 424 g/mol. The zero-order valence-electron chi connectivity index (χ0n) is 17.7. The minimum atomic E-state index is -3.66. The van der Waals surface area contributed by atoms with E-state index in [1.165, 1.54) is 4.68 Å². The summed E-state index contributed by atoms with van der Waals surface area (Å²) in [6, 6.07) is 9.04. The van der Waals surface area contributed by atoms with Crippen molar-refractivity contribution in [1.82, 2.24) is 20.2 Å². The Hall–Kier alpha value is -1.58. The fraction of sp³-hybridized carbons (Fsp3) is 0.632. The van der Waals surface area contributed by atoms with E-state index >= 15 is 0 Å². The molecule has 1 unspecified atom stereocenters. The molecule has 0 fully saturated rings. The van der Waals surface area contributed by atoms with Gasteiger partial charge in [-0.25, -0.2) is 8.42 Å².